The number of rotatable bonds is 4. The van der Waals surface area contributed by atoms with Crippen LogP contribution < -0.4 is 0 Å². The SMILES string of the molecule is C=CC(CCC)C1COC(C)(C)O1. The molecule has 1 rings (SSSR count). The van der Waals surface area contributed by atoms with Crippen molar-refractivity contribution in [1.29, 1.82) is 0 Å². The summed E-state index contributed by atoms with van der Waals surface area (Å²) in [4.78, 5) is 0. The fourth-order valence-electron chi connectivity index (χ4n) is 1.72. The molecule has 2 unspecified atom stereocenters. The summed E-state index contributed by atoms with van der Waals surface area (Å²) >= 11 is 0. The lowest BCUT2D eigenvalue weighted by Gasteiger charge is -2.21. The topological polar surface area (TPSA) is 18.5 Å². The van der Waals surface area contributed by atoms with Crippen molar-refractivity contribution in [2.24, 2.45) is 5.92 Å². The van der Waals surface area contributed by atoms with Crippen molar-refractivity contribution in [3.05, 3.63) is 12.7 Å². The minimum absolute atomic E-state index is 0.201. The normalized spacial score (nSPS) is 28.7. The Kier molecular flexibility index (Phi) is 3.51. The summed E-state index contributed by atoms with van der Waals surface area (Å²) in [5.74, 6) is 0.0337. The standard InChI is InChI=1S/C11H20O2/c1-5-7-9(6-2)10-8-12-11(3,4)13-10/h6,9-10H,2,5,7-8H2,1,3-4H3. The Hall–Kier alpha value is -0.340. The van der Waals surface area contributed by atoms with Gasteiger partial charge in [0.1, 0.15) is 0 Å². The average molecular weight is 184 g/mol. The molecule has 1 aliphatic rings. The van der Waals surface area contributed by atoms with Gasteiger partial charge in [-0.15, -0.1) is 6.58 Å². The zero-order valence-corrected chi connectivity index (χ0v) is 8.88. The maximum absolute atomic E-state index is 5.76. The van der Waals surface area contributed by atoms with Crippen molar-refractivity contribution in [2.75, 3.05) is 6.61 Å². The van der Waals surface area contributed by atoms with E-state index < -0.39 is 5.79 Å². The van der Waals surface area contributed by atoms with E-state index in [1.807, 2.05) is 19.9 Å². The molecule has 1 fully saturated rings. The quantitative estimate of drug-likeness (QED) is 0.625. The molecule has 2 atom stereocenters. The Morgan fingerprint density at radius 3 is 2.69 bits per heavy atom. The van der Waals surface area contributed by atoms with Gasteiger partial charge in [0.25, 0.3) is 0 Å². The van der Waals surface area contributed by atoms with Crippen molar-refractivity contribution in [3.8, 4) is 0 Å². The molecular weight excluding hydrogens is 164 g/mol. The second kappa shape index (κ2) is 4.25. The highest BCUT2D eigenvalue weighted by Gasteiger charge is 2.35. The summed E-state index contributed by atoms with van der Waals surface area (Å²) in [7, 11) is 0. The van der Waals surface area contributed by atoms with Crippen LogP contribution in [0.25, 0.3) is 0 Å². The third-order valence-corrected chi connectivity index (χ3v) is 2.43. The van der Waals surface area contributed by atoms with Crippen LogP contribution in [0.3, 0.4) is 0 Å². The van der Waals surface area contributed by atoms with Crippen LogP contribution in [0.15, 0.2) is 12.7 Å². The van der Waals surface area contributed by atoms with Crippen LogP contribution in [-0.2, 0) is 9.47 Å². The van der Waals surface area contributed by atoms with E-state index in [4.69, 9.17) is 9.47 Å². The molecule has 0 spiro atoms. The van der Waals surface area contributed by atoms with Crippen molar-refractivity contribution in [3.63, 3.8) is 0 Å². The van der Waals surface area contributed by atoms with Crippen LogP contribution in [-0.4, -0.2) is 18.5 Å². The summed E-state index contributed by atoms with van der Waals surface area (Å²) in [5.41, 5.74) is 0. The molecule has 0 radical (unpaired) electrons. The predicted molar refractivity (Wildman–Crippen MR) is 53.5 cm³/mol. The molecule has 2 heteroatoms. The zero-order valence-electron chi connectivity index (χ0n) is 8.88. The van der Waals surface area contributed by atoms with Gasteiger partial charge in [-0.3, -0.25) is 0 Å². The van der Waals surface area contributed by atoms with E-state index in [1.165, 1.54) is 0 Å². The minimum Gasteiger partial charge on any atom is -0.348 e. The predicted octanol–water partition coefficient (Wildman–Crippen LogP) is 2.74. The van der Waals surface area contributed by atoms with E-state index in [0.717, 1.165) is 12.8 Å². The van der Waals surface area contributed by atoms with Crippen molar-refractivity contribution >= 4 is 0 Å². The molecule has 0 saturated carbocycles. The van der Waals surface area contributed by atoms with E-state index in [-0.39, 0.29) is 6.10 Å². The highest BCUT2D eigenvalue weighted by Crippen LogP contribution is 2.29. The molecule has 1 aliphatic heterocycles. The molecule has 0 amide bonds. The molecule has 0 aromatic heterocycles. The summed E-state index contributed by atoms with van der Waals surface area (Å²) in [6.45, 7) is 10.6. The molecule has 0 N–H and O–H groups in total. The maximum Gasteiger partial charge on any atom is 0.163 e. The first-order valence-electron chi connectivity index (χ1n) is 5.03. The lowest BCUT2D eigenvalue weighted by Crippen LogP contribution is -2.25. The second-order valence-corrected chi connectivity index (χ2v) is 4.06. The molecule has 76 valence electrons. The van der Waals surface area contributed by atoms with Gasteiger partial charge in [-0.1, -0.05) is 19.4 Å². The number of hydrogen-bond donors (Lipinski definition) is 0. The molecule has 0 aliphatic carbocycles. The van der Waals surface area contributed by atoms with Gasteiger partial charge in [0.2, 0.25) is 0 Å². The fourth-order valence-corrected chi connectivity index (χ4v) is 1.72. The van der Waals surface area contributed by atoms with Crippen LogP contribution in [0.5, 0.6) is 0 Å². The van der Waals surface area contributed by atoms with E-state index >= 15 is 0 Å². The molecule has 0 aromatic carbocycles. The first kappa shape index (κ1) is 10.7. The number of hydrogen-bond acceptors (Lipinski definition) is 2. The highest BCUT2D eigenvalue weighted by atomic mass is 16.7. The van der Waals surface area contributed by atoms with E-state index in [1.54, 1.807) is 0 Å². The van der Waals surface area contributed by atoms with Gasteiger partial charge in [0.05, 0.1) is 12.7 Å². The van der Waals surface area contributed by atoms with Gasteiger partial charge in [-0.25, -0.2) is 0 Å². The smallest absolute Gasteiger partial charge is 0.163 e. The first-order chi connectivity index (χ1) is 6.09. The van der Waals surface area contributed by atoms with Gasteiger partial charge >= 0.3 is 0 Å². The van der Waals surface area contributed by atoms with Crippen LogP contribution in [0.2, 0.25) is 0 Å². The maximum atomic E-state index is 5.76. The second-order valence-electron chi connectivity index (χ2n) is 4.06. The minimum atomic E-state index is -0.403. The third kappa shape index (κ3) is 2.82. The molecule has 0 bridgehead atoms. The Morgan fingerprint density at radius 1 is 1.62 bits per heavy atom. The van der Waals surface area contributed by atoms with Gasteiger partial charge in [-0.2, -0.15) is 0 Å². The van der Waals surface area contributed by atoms with Crippen molar-refractivity contribution < 1.29 is 9.47 Å². The van der Waals surface area contributed by atoms with E-state index in [2.05, 4.69) is 13.5 Å². The van der Waals surface area contributed by atoms with Gasteiger partial charge in [0, 0.05) is 5.92 Å². The first-order valence-corrected chi connectivity index (χ1v) is 5.03. The Morgan fingerprint density at radius 2 is 2.31 bits per heavy atom. The van der Waals surface area contributed by atoms with Crippen LogP contribution >= 0.6 is 0 Å². The largest absolute Gasteiger partial charge is 0.348 e. The lowest BCUT2D eigenvalue weighted by atomic mass is 9.98. The van der Waals surface area contributed by atoms with Gasteiger partial charge in [-0.05, 0) is 20.3 Å². The Bertz CT molecular complexity index is 175. The Balaban J connectivity index is 2.47. The van der Waals surface area contributed by atoms with E-state index in [9.17, 15) is 0 Å². The fraction of sp³-hybridized carbons (Fsp3) is 0.818. The van der Waals surface area contributed by atoms with Crippen LogP contribution in [0.4, 0.5) is 0 Å². The van der Waals surface area contributed by atoms with Crippen molar-refractivity contribution in [1.82, 2.24) is 0 Å². The summed E-state index contributed by atoms with van der Waals surface area (Å²) in [6, 6.07) is 0. The molecule has 2 nitrogen and oxygen atoms in total. The molecular formula is C11H20O2. The molecule has 1 saturated heterocycles. The van der Waals surface area contributed by atoms with Crippen LogP contribution in [0.1, 0.15) is 33.6 Å². The molecule has 13 heavy (non-hydrogen) atoms. The average Bonchev–Trinajstić information content (AvgIpc) is 2.42. The lowest BCUT2D eigenvalue weighted by molar-refractivity contribution is -0.142. The third-order valence-electron chi connectivity index (χ3n) is 2.43. The van der Waals surface area contributed by atoms with Gasteiger partial charge < -0.3 is 9.47 Å². The Labute approximate surface area is 80.9 Å². The van der Waals surface area contributed by atoms with Crippen LogP contribution in [0, 0.1) is 5.92 Å². The monoisotopic (exact) mass is 184 g/mol. The zero-order chi connectivity index (χ0) is 9.90. The highest BCUT2D eigenvalue weighted by molar-refractivity contribution is 4.88. The van der Waals surface area contributed by atoms with Gasteiger partial charge in [0.15, 0.2) is 5.79 Å². The summed E-state index contributed by atoms with van der Waals surface area (Å²) in [5, 5.41) is 0. The summed E-state index contributed by atoms with van der Waals surface area (Å²) in [6.07, 6.45) is 4.48. The molecule has 0 aromatic rings. The van der Waals surface area contributed by atoms with Crippen molar-refractivity contribution in [2.45, 2.75) is 45.5 Å². The van der Waals surface area contributed by atoms with E-state index in [0.29, 0.717) is 12.5 Å². The molecule has 1 heterocycles. The number of ether oxygens (including phenoxy) is 2. The summed E-state index contributed by atoms with van der Waals surface area (Å²) < 4.78 is 11.3.